The molecule has 18 heavy (non-hydrogen) atoms. The minimum Gasteiger partial charge on any atom is -0.486 e. The lowest BCUT2D eigenvalue weighted by Crippen LogP contribution is -2.43. The lowest BCUT2D eigenvalue weighted by atomic mass is 9.92. The molecule has 1 nitrogen and oxygen atoms in total. The van der Waals surface area contributed by atoms with Crippen molar-refractivity contribution in [1.82, 2.24) is 0 Å². The quantitative estimate of drug-likeness (QED) is 0.579. The Morgan fingerprint density at radius 1 is 1.06 bits per heavy atom. The Hall–Kier alpha value is -0.540. The maximum atomic E-state index is 6.24. The van der Waals surface area contributed by atoms with Gasteiger partial charge in [-0.05, 0) is 19.2 Å². The van der Waals surface area contributed by atoms with Gasteiger partial charge in [-0.15, -0.1) is 0 Å². The molecular weight excluding hydrogens is 356 g/mol. The van der Waals surface area contributed by atoms with Crippen LogP contribution in [0.2, 0.25) is 0 Å². The van der Waals surface area contributed by atoms with Crippen LogP contribution in [-0.4, -0.2) is 10.4 Å². The van der Waals surface area contributed by atoms with E-state index in [9.17, 15) is 0 Å². The topological polar surface area (TPSA) is 9.23 Å². The van der Waals surface area contributed by atoms with Crippen LogP contribution < -0.4 is 4.74 Å². The fourth-order valence-corrected chi connectivity index (χ4v) is 3.80. The maximum absolute atomic E-state index is 6.24. The Kier molecular flexibility index (Phi) is 2.94. The Balaban J connectivity index is 2.29. The number of ether oxygens (including phenoxy) is 1. The normalized spacial score (nSPS) is 25.6. The first-order valence-electron chi connectivity index (χ1n) is 5.99. The molecule has 0 N–H and O–H groups in total. The van der Waals surface area contributed by atoms with Gasteiger partial charge in [0.15, 0.2) is 0 Å². The van der Waals surface area contributed by atoms with Gasteiger partial charge in [-0.25, -0.2) is 0 Å². The summed E-state index contributed by atoms with van der Waals surface area (Å²) in [5, 5.41) is 2.41. The molecule has 0 fully saturated rings. The van der Waals surface area contributed by atoms with E-state index in [1.807, 2.05) is 0 Å². The van der Waals surface area contributed by atoms with Crippen LogP contribution in [0, 0.1) is 0 Å². The number of benzene rings is 2. The summed E-state index contributed by atoms with van der Waals surface area (Å²) in [6.07, 6.45) is 0. The van der Waals surface area contributed by atoms with Crippen molar-refractivity contribution in [3.05, 3.63) is 42.0 Å². The van der Waals surface area contributed by atoms with Crippen LogP contribution in [0.15, 0.2) is 36.4 Å². The number of halogens is 2. The lowest BCUT2D eigenvalue weighted by Gasteiger charge is -2.40. The number of fused-ring (bicyclic) bond motifs is 3. The Bertz CT molecular complexity index is 606. The number of hydrogen-bond acceptors (Lipinski definition) is 1. The highest BCUT2D eigenvalue weighted by Crippen LogP contribution is 2.49. The van der Waals surface area contributed by atoms with Gasteiger partial charge in [0.2, 0.25) is 0 Å². The average Bonchev–Trinajstić information content (AvgIpc) is 2.36. The van der Waals surface area contributed by atoms with Gasteiger partial charge in [0.25, 0.3) is 0 Å². The van der Waals surface area contributed by atoms with Crippen molar-refractivity contribution in [2.24, 2.45) is 0 Å². The molecule has 2 aromatic rings. The van der Waals surface area contributed by atoms with Crippen molar-refractivity contribution < 1.29 is 4.74 Å². The van der Waals surface area contributed by atoms with Gasteiger partial charge < -0.3 is 4.74 Å². The summed E-state index contributed by atoms with van der Waals surface area (Å²) in [4.78, 5) is 0.513. The van der Waals surface area contributed by atoms with E-state index in [-0.39, 0.29) is 15.3 Å². The Morgan fingerprint density at radius 3 is 2.56 bits per heavy atom. The smallest absolute Gasteiger partial charge is 0.132 e. The zero-order valence-corrected chi connectivity index (χ0v) is 13.5. The zero-order valence-electron chi connectivity index (χ0n) is 10.3. The largest absolute Gasteiger partial charge is 0.486 e. The van der Waals surface area contributed by atoms with Gasteiger partial charge >= 0.3 is 0 Å². The second-order valence-electron chi connectivity index (χ2n) is 5.21. The summed E-state index contributed by atoms with van der Waals surface area (Å²) >= 11 is 7.52. The molecule has 0 amide bonds. The Labute approximate surface area is 124 Å². The molecule has 0 saturated carbocycles. The molecule has 1 heterocycles. The first kappa shape index (κ1) is 12.5. The molecule has 94 valence electrons. The van der Waals surface area contributed by atoms with Gasteiger partial charge in [0.05, 0.1) is 9.65 Å². The third-order valence-electron chi connectivity index (χ3n) is 3.49. The standard InChI is InChI=1S/C15H14Br2O/c1-15(2)14(17)12(16)11-8-7-9-5-3-4-6-10(9)13(11)18-15/h3-8,12,14H,1-2H3/t12-,14+/m0/s1. The predicted octanol–water partition coefficient (Wildman–Crippen LogP) is 5.21. The molecule has 2 aromatic carbocycles. The van der Waals surface area contributed by atoms with Gasteiger partial charge in [-0.1, -0.05) is 68.3 Å². The molecule has 0 unspecified atom stereocenters. The molecule has 0 aliphatic carbocycles. The summed E-state index contributed by atoms with van der Waals surface area (Å²) < 4.78 is 6.24. The van der Waals surface area contributed by atoms with Gasteiger partial charge in [0.1, 0.15) is 11.4 Å². The molecule has 0 radical (unpaired) electrons. The highest BCUT2D eigenvalue weighted by Gasteiger charge is 2.41. The van der Waals surface area contributed by atoms with Crippen LogP contribution in [0.25, 0.3) is 10.8 Å². The molecular formula is C15H14Br2O. The highest BCUT2D eigenvalue weighted by atomic mass is 79.9. The second-order valence-corrected chi connectivity index (χ2v) is 7.19. The summed E-state index contributed by atoms with van der Waals surface area (Å²) in [5.74, 6) is 1.01. The Morgan fingerprint density at radius 2 is 1.78 bits per heavy atom. The van der Waals surface area contributed by atoms with Crippen LogP contribution in [0.5, 0.6) is 5.75 Å². The fourth-order valence-electron chi connectivity index (χ4n) is 2.42. The van der Waals surface area contributed by atoms with Crippen molar-refractivity contribution in [3.8, 4) is 5.75 Å². The average molecular weight is 370 g/mol. The second kappa shape index (κ2) is 4.24. The molecule has 0 spiro atoms. The predicted molar refractivity (Wildman–Crippen MR) is 83.0 cm³/mol. The molecule has 2 atom stereocenters. The van der Waals surface area contributed by atoms with Crippen LogP contribution >= 0.6 is 31.9 Å². The highest BCUT2D eigenvalue weighted by molar-refractivity contribution is 9.12. The third-order valence-corrected chi connectivity index (χ3v) is 6.86. The summed E-state index contributed by atoms with van der Waals surface area (Å²) in [6, 6.07) is 12.7. The molecule has 0 saturated heterocycles. The van der Waals surface area contributed by atoms with Crippen LogP contribution in [0.3, 0.4) is 0 Å². The minimum absolute atomic E-state index is 0.231. The first-order chi connectivity index (χ1) is 8.50. The summed E-state index contributed by atoms with van der Waals surface area (Å²) in [6.45, 7) is 4.23. The number of hydrogen-bond donors (Lipinski definition) is 0. The fraction of sp³-hybridized carbons (Fsp3) is 0.333. The van der Waals surface area contributed by atoms with Crippen LogP contribution in [0.1, 0.15) is 24.2 Å². The van der Waals surface area contributed by atoms with Crippen molar-refractivity contribution in [2.45, 2.75) is 29.1 Å². The van der Waals surface area contributed by atoms with E-state index in [0.717, 1.165) is 5.75 Å². The molecule has 1 aliphatic heterocycles. The molecule has 1 aliphatic rings. The SMILES string of the molecule is CC1(C)Oc2c(ccc3ccccc23)[C@H](Br)[C@H]1Br. The molecule has 0 aromatic heterocycles. The number of alkyl halides is 2. The van der Waals surface area contributed by atoms with Crippen molar-refractivity contribution >= 4 is 42.6 Å². The lowest BCUT2D eigenvalue weighted by molar-refractivity contribution is 0.0953. The number of rotatable bonds is 0. The van der Waals surface area contributed by atoms with Crippen molar-refractivity contribution in [1.29, 1.82) is 0 Å². The molecule has 3 heteroatoms. The minimum atomic E-state index is -0.231. The zero-order chi connectivity index (χ0) is 12.9. The summed E-state index contributed by atoms with van der Waals surface area (Å²) in [5.41, 5.74) is 0.987. The summed E-state index contributed by atoms with van der Waals surface area (Å²) in [7, 11) is 0. The van der Waals surface area contributed by atoms with E-state index in [1.165, 1.54) is 16.3 Å². The van der Waals surface area contributed by atoms with Gasteiger partial charge in [-0.2, -0.15) is 0 Å². The van der Waals surface area contributed by atoms with E-state index >= 15 is 0 Å². The molecule has 3 rings (SSSR count). The van der Waals surface area contributed by atoms with E-state index in [0.29, 0.717) is 0 Å². The maximum Gasteiger partial charge on any atom is 0.132 e. The van der Waals surface area contributed by atoms with E-state index in [2.05, 4.69) is 82.1 Å². The van der Waals surface area contributed by atoms with Crippen LogP contribution in [0.4, 0.5) is 0 Å². The monoisotopic (exact) mass is 368 g/mol. The van der Waals surface area contributed by atoms with Gasteiger partial charge in [-0.3, -0.25) is 0 Å². The van der Waals surface area contributed by atoms with E-state index in [1.54, 1.807) is 0 Å². The van der Waals surface area contributed by atoms with Crippen molar-refractivity contribution in [2.75, 3.05) is 0 Å². The molecule has 0 bridgehead atoms. The van der Waals surface area contributed by atoms with E-state index < -0.39 is 0 Å². The first-order valence-corrected chi connectivity index (χ1v) is 7.82. The van der Waals surface area contributed by atoms with E-state index in [4.69, 9.17) is 4.74 Å². The third kappa shape index (κ3) is 1.79. The van der Waals surface area contributed by atoms with Gasteiger partial charge in [0, 0.05) is 10.9 Å². The van der Waals surface area contributed by atoms with Crippen LogP contribution in [-0.2, 0) is 0 Å². The van der Waals surface area contributed by atoms with Crippen molar-refractivity contribution in [3.63, 3.8) is 0 Å².